The summed E-state index contributed by atoms with van der Waals surface area (Å²) in [5, 5.41) is 3.16. The first-order valence-corrected chi connectivity index (χ1v) is 7.00. The second-order valence-electron chi connectivity index (χ2n) is 3.81. The first-order valence-electron chi connectivity index (χ1n) is 5.59. The number of thiazole rings is 1. The van der Waals surface area contributed by atoms with E-state index >= 15 is 0 Å². The number of aromatic nitrogens is 1. The van der Waals surface area contributed by atoms with Crippen molar-refractivity contribution in [1.82, 2.24) is 9.88 Å². The summed E-state index contributed by atoms with van der Waals surface area (Å²) in [7, 11) is 0. The van der Waals surface area contributed by atoms with E-state index in [1.165, 1.54) is 5.56 Å². The van der Waals surface area contributed by atoms with Crippen LogP contribution in [0.5, 0.6) is 0 Å². The molecule has 1 aromatic heterocycles. The van der Waals surface area contributed by atoms with Crippen molar-refractivity contribution in [3.63, 3.8) is 0 Å². The predicted molar refractivity (Wildman–Crippen MR) is 73.4 cm³/mol. The molecular weight excluding hydrogens is 252 g/mol. The number of nitrogens with zero attached hydrogens (tertiary/aromatic N) is 2. The van der Waals surface area contributed by atoms with Crippen molar-refractivity contribution in [3.05, 3.63) is 52.5 Å². The predicted octanol–water partition coefficient (Wildman–Crippen LogP) is 3.38. The topological polar surface area (TPSA) is 16.1 Å². The minimum atomic E-state index is 0.651. The molecule has 0 saturated heterocycles. The van der Waals surface area contributed by atoms with Gasteiger partial charge in [0.25, 0.3) is 0 Å². The van der Waals surface area contributed by atoms with E-state index in [9.17, 15) is 0 Å². The third-order valence-electron chi connectivity index (χ3n) is 2.49. The normalized spacial score (nSPS) is 10.9. The van der Waals surface area contributed by atoms with Crippen LogP contribution in [0.2, 0.25) is 0 Å². The van der Waals surface area contributed by atoms with Crippen molar-refractivity contribution in [2.24, 2.45) is 0 Å². The summed E-state index contributed by atoms with van der Waals surface area (Å²) in [5.74, 6) is 0.651. The van der Waals surface area contributed by atoms with Gasteiger partial charge < -0.3 is 0 Å². The van der Waals surface area contributed by atoms with Gasteiger partial charge in [-0.15, -0.1) is 22.9 Å². The van der Waals surface area contributed by atoms with Crippen LogP contribution in [0.3, 0.4) is 0 Å². The van der Waals surface area contributed by atoms with Gasteiger partial charge in [-0.3, -0.25) is 4.90 Å². The minimum absolute atomic E-state index is 0.651. The van der Waals surface area contributed by atoms with E-state index in [0.29, 0.717) is 5.88 Å². The lowest BCUT2D eigenvalue weighted by molar-refractivity contribution is 0.272. The fourth-order valence-electron chi connectivity index (χ4n) is 1.70. The highest BCUT2D eigenvalue weighted by Gasteiger charge is 2.07. The maximum Gasteiger partial charge on any atom is 0.107 e. The van der Waals surface area contributed by atoms with Crippen molar-refractivity contribution in [3.8, 4) is 0 Å². The summed E-state index contributed by atoms with van der Waals surface area (Å²) in [6, 6.07) is 10.5. The smallest absolute Gasteiger partial charge is 0.107 e. The molecule has 0 amide bonds. The lowest BCUT2D eigenvalue weighted by atomic mass is 10.2. The molecule has 0 spiro atoms. The molecule has 0 saturated carbocycles. The van der Waals surface area contributed by atoms with Gasteiger partial charge >= 0.3 is 0 Å². The lowest BCUT2D eigenvalue weighted by Crippen LogP contribution is -2.24. The molecule has 2 nitrogen and oxygen atoms in total. The van der Waals surface area contributed by atoms with Crippen LogP contribution in [0.15, 0.2) is 41.9 Å². The van der Waals surface area contributed by atoms with Crippen LogP contribution in [-0.4, -0.2) is 22.3 Å². The second-order valence-corrected chi connectivity index (χ2v) is 5.17. The summed E-state index contributed by atoms with van der Waals surface area (Å²) in [5.41, 5.74) is 1.31. The number of hydrogen-bond donors (Lipinski definition) is 0. The van der Waals surface area contributed by atoms with Crippen LogP contribution in [-0.2, 0) is 13.1 Å². The van der Waals surface area contributed by atoms with Gasteiger partial charge in [-0.2, -0.15) is 0 Å². The van der Waals surface area contributed by atoms with Crippen LogP contribution >= 0.6 is 22.9 Å². The molecule has 2 aromatic rings. The highest BCUT2D eigenvalue weighted by molar-refractivity contribution is 7.09. The third kappa shape index (κ3) is 4.11. The van der Waals surface area contributed by atoms with Crippen molar-refractivity contribution in [2.45, 2.75) is 13.1 Å². The molecule has 90 valence electrons. The molecule has 1 aromatic carbocycles. The van der Waals surface area contributed by atoms with Crippen LogP contribution in [0.25, 0.3) is 0 Å². The largest absolute Gasteiger partial charge is 0.291 e. The first kappa shape index (κ1) is 12.6. The molecule has 2 rings (SSSR count). The van der Waals surface area contributed by atoms with E-state index in [0.717, 1.165) is 24.6 Å². The van der Waals surface area contributed by atoms with E-state index in [1.807, 2.05) is 17.6 Å². The molecule has 0 N–H and O–H groups in total. The Kier molecular flexibility index (Phi) is 4.98. The van der Waals surface area contributed by atoms with Gasteiger partial charge in [0.15, 0.2) is 0 Å². The van der Waals surface area contributed by atoms with E-state index in [-0.39, 0.29) is 0 Å². The Balaban J connectivity index is 1.97. The SMILES string of the molecule is ClCCN(Cc1ccccc1)Cc1nccs1. The monoisotopic (exact) mass is 266 g/mol. The molecule has 1 heterocycles. The first-order chi connectivity index (χ1) is 8.38. The van der Waals surface area contributed by atoms with Gasteiger partial charge in [0, 0.05) is 30.5 Å². The van der Waals surface area contributed by atoms with Crippen LogP contribution in [0.4, 0.5) is 0 Å². The molecule has 0 aliphatic rings. The average molecular weight is 267 g/mol. The fraction of sp³-hybridized carbons (Fsp3) is 0.308. The molecule has 0 radical (unpaired) electrons. The van der Waals surface area contributed by atoms with Crippen molar-refractivity contribution < 1.29 is 0 Å². The van der Waals surface area contributed by atoms with E-state index < -0.39 is 0 Å². The number of alkyl halides is 1. The second kappa shape index (κ2) is 6.74. The highest BCUT2D eigenvalue weighted by atomic mass is 35.5. The Bertz CT molecular complexity index is 416. The summed E-state index contributed by atoms with van der Waals surface area (Å²) >= 11 is 7.54. The van der Waals surface area contributed by atoms with E-state index in [4.69, 9.17) is 11.6 Å². The molecule has 4 heteroatoms. The Morgan fingerprint density at radius 3 is 2.65 bits per heavy atom. The summed E-state index contributed by atoms with van der Waals surface area (Å²) in [6.45, 7) is 2.68. The van der Waals surface area contributed by atoms with Crippen LogP contribution in [0, 0.1) is 0 Å². The van der Waals surface area contributed by atoms with Gasteiger partial charge in [-0.05, 0) is 5.56 Å². The van der Waals surface area contributed by atoms with Crippen molar-refractivity contribution >= 4 is 22.9 Å². The zero-order valence-corrected chi connectivity index (χ0v) is 11.1. The Morgan fingerprint density at radius 2 is 2.00 bits per heavy atom. The third-order valence-corrected chi connectivity index (χ3v) is 3.43. The quantitative estimate of drug-likeness (QED) is 0.745. The minimum Gasteiger partial charge on any atom is -0.291 e. The van der Waals surface area contributed by atoms with Crippen LogP contribution in [0.1, 0.15) is 10.6 Å². The summed E-state index contributed by atoms with van der Waals surface area (Å²) in [4.78, 5) is 6.63. The Morgan fingerprint density at radius 1 is 1.18 bits per heavy atom. The van der Waals surface area contributed by atoms with Crippen molar-refractivity contribution in [2.75, 3.05) is 12.4 Å². The molecule has 0 atom stereocenters. The zero-order chi connectivity index (χ0) is 11.9. The van der Waals surface area contributed by atoms with Crippen LogP contribution < -0.4 is 0 Å². The average Bonchev–Trinajstić information content (AvgIpc) is 2.83. The van der Waals surface area contributed by atoms with Crippen molar-refractivity contribution in [1.29, 1.82) is 0 Å². The summed E-state index contributed by atoms with van der Waals surface area (Å²) in [6.07, 6.45) is 1.85. The number of halogens is 1. The molecule has 0 aliphatic carbocycles. The molecular formula is C13H15ClN2S. The zero-order valence-electron chi connectivity index (χ0n) is 9.55. The molecule has 0 aliphatic heterocycles. The Labute approximate surface area is 111 Å². The van der Waals surface area contributed by atoms with E-state index in [2.05, 4.69) is 34.1 Å². The lowest BCUT2D eigenvalue weighted by Gasteiger charge is -2.19. The van der Waals surface area contributed by atoms with Gasteiger partial charge in [-0.25, -0.2) is 4.98 Å². The molecule has 0 bridgehead atoms. The molecule has 17 heavy (non-hydrogen) atoms. The van der Waals surface area contributed by atoms with Gasteiger partial charge in [-0.1, -0.05) is 30.3 Å². The maximum absolute atomic E-state index is 5.84. The maximum atomic E-state index is 5.84. The fourth-order valence-corrected chi connectivity index (χ4v) is 2.59. The Hall–Kier alpha value is -0.900. The molecule has 0 unspecified atom stereocenters. The van der Waals surface area contributed by atoms with E-state index in [1.54, 1.807) is 11.3 Å². The number of benzene rings is 1. The number of hydrogen-bond acceptors (Lipinski definition) is 3. The van der Waals surface area contributed by atoms with Gasteiger partial charge in [0.2, 0.25) is 0 Å². The highest BCUT2D eigenvalue weighted by Crippen LogP contribution is 2.11. The number of rotatable bonds is 6. The summed E-state index contributed by atoms with van der Waals surface area (Å²) < 4.78 is 0. The molecule has 0 fully saturated rings. The van der Waals surface area contributed by atoms with Gasteiger partial charge in [0.1, 0.15) is 5.01 Å². The van der Waals surface area contributed by atoms with Gasteiger partial charge in [0.05, 0.1) is 6.54 Å². The standard InChI is InChI=1S/C13H15ClN2S/c14-6-8-16(11-13-15-7-9-17-13)10-12-4-2-1-3-5-12/h1-5,7,9H,6,8,10-11H2.